The van der Waals surface area contributed by atoms with Crippen molar-refractivity contribution in [1.29, 1.82) is 0 Å². The van der Waals surface area contributed by atoms with Gasteiger partial charge >= 0.3 is 0 Å². The number of non-ortho nitro benzene ring substituents is 1. The predicted octanol–water partition coefficient (Wildman–Crippen LogP) is 4.19. The van der Waals surface area contributed by atoms with E-state index >= 15 is 0 Å². The number of carbonyl (C=O) groups excluding carboxylic acids is 2. The van der Waals surface area contributed by atoms with Gasteiger partial charge < -0.3 is 5.32 Å². The van der Waals surface area contributed by atoms with Crippen molar-refractivity contribution in [3.05, 3.63) is 81.9 Å². The molecule has 2 N–H and O–H groups in total. The van der Waals surface area contributed by atoms with Crippen LogP contribution in [-0.4, -0.2) is 22.4 Å². The second-order valence-corrected chi connectivity index (χ2v) is 6.80. The van der Waals surface area contributed by atoms with E-state index < -0.39 is 4.92 Å². The van der Waals surface area contributed by atoms with E-state index in [1.807, 2.05) is 30.3 Å². The normalized spacial score (nSPS) is 11.2. The van der Waals surface area contributed by atoms with Gasteiger partial charge in [0.1, 0.15) is 0 Å². The molecule has 0 aliphatic rings. The Bertz CT molecular complexity index is 1170. The third-order valence-electron chi connectivity index (χ3n) is 4.51. The molecule has 0 radical (unpaired) electrons. The summed E-state index contributed by atoms with van der Waals surface area (Å²) in [6.07, 6.45) is -0.0715. The molecule has 3 aromatic rings. The topological polar surface area (TPSA) is 114 Å². The first-order valence-corrected chi connectivity index (χ1v) is 9.21. The summed E-state index contributed by atoms with van der Waals surface area (Å²) in [6.45, 7) is 3.36. The first-order chi connectivity index (χ1) is 14.3. The van der Waals surface area contributed by atoms with Crippen molar-refractivity contribution < 1.29 is 14.5 Å². The van der Waals surface area contributed by atoms with Gasteiger partial charge in [-0.25, -0.2) is 5.43 Å². The van der Waals surface area contributed by atoms with Gasteiger partial charge in [0.15, 0.2) is 0 Å². The molecule has 0 saturated carbocycles. The van der Waals surface area contributed by atoms with Crippen LogP contribution < -0.4 is 10.7 Å². The molecule has 0 unspecified atom stereocenters. The Morgan fingerprint density at radius 3 is 2.57 bits per heavy atom. The molecule has 8 heteroatoms. The Balaban J connectivity index is 1.65. The van der Waals surface area contributed by atoms with Crippen molar-refractivity contribution >= 4 is 39.7 Å². The molecule has 0 fully saturated rings. The lowest BCUT2D eigenvalue weighted by molar-refractivity contribution is -0.384. The standard InChI is InChI=1S/C22H20N4O4/c1-14-10-11-17(26(29)30)13-20(14)23-21(27)12-15(2)24-25-22(28)19-9-5-7-16-6-3-4-8-18(16)19/h3-11,13H,12H2,1-2H3,(H,23,27)(H,25,28)/b24-15-. The largest absolute Gasteiger partial charge is 0.325 e. The van der Waals surface area contributed by atoms with E-state index in [0.717, 1.165) is 10.8 Å². The lowest BCUT2D eigenvalue weighted by atomic mass is 10.0. The summed E-state index contributed by atoms with van der Waals surface area (Å²) < 4.78 is 0. The fourth-order valence-electron chi connectivity index (χ4n) is 2.95. The number of fused-ring (bicyclic) bond motifs is 1. The van der Waals surface area contributed by atoms with Gasteiger partial charge in [-0.15, -0.1) is 0 Å². The summed E-state index contributed by atoms with van der Waals surface area (Å²) >= 11 is 0. The molecule has 0 aliphatic carbocycles. The lowest BCUT2D eigenvalue weighted by Gasteiger charge is -2.09. The first kappa shape index (κ1) is 20.7. The number of anilines is 1. The Kier molecular flexibility index (Phi) is 6.17. The van der Waals surface area contributed by atoms with E-state index in [2.05, 4.69) is 15.8 Å². The van der Waals surface area contributed by atoms with Crippen LogP contribution in [0, 0.1) is 17.0 Å². The molecular weight excluding hydrogens is 384 g/mol. The third-order valence-corrected chi connectivity index (χ3v) is 4.51. The van der Waals surface area contributed by atoms with E-state index in [1.54, 1.807) is 32.0 Å². The van der Waals surface area contributed by atoms with Crippen molar-refractivity contribution in [2.24, 2.45) is 5.10 Å². The summed E-state index contributed by atoms with van der Waals surface area (Å²) in [6, 6.07) is 17.2. The van der Waals surface area contributed by atoms with Crippen LogP contribution in [0.1, 0.15) is 29.3 Å². The molecule has 3 rings (SSSR count). The molecule has 0 atom stereocenters. The number of amides is 2. The van der Waals surface area contributed by atoms with Crippen LogP contribution in [-0.2, 0) is 4.79 Å². The first-order valence-electron chi connectivity index (χ1n) is 9.21. The monoisotopic (exact) mass is 404 g/mol. The highest BCUT2D eigenvalue weighted by Crippen LogP contribution is 2.22. The van der Waals surface area contributed by atoms with Crippen LogP contribution >= 0.6 is 0 Å². The number of aryl methyl sites for hydroxylation is 1. The predicted molar refractivity (Wildman–Crippen MR) is 116 cm³/mol. The van der Waals surface area contributed by atoms with Gasteiger partial charge in [-0.05, 0) is 36.2 Å². The Morgan fingerprint density at radius 1 is 1.07 bits per heavy atom. The van der Waals surface area contributed by atoms with Crippen molar-refractivity contribution in [1.82, 2.24) is 5.43 Å². The second kappa shape index (κ2) is 8.95. The van der Waals surface area contributed by atoms with Crippen molar-refractivity contribution in [2.45, 2.75) is 20.3 Å². The molecule has 0 saturated heterocycles. The van der Waals surface area contributed by atoms with Gasteiger partial charge in [-0.1, -0.05) is 42.5 Å². The number of hydrogen-bond donors (Lipinski definition) is 2. The molecule has 0 bridgehead atoms. The number of rotatable bonds is 6. The lowest BCUT2D eigenvalue weighted by Crippen LogP contribution is -2.22. The van der Waals surface area contributed by atoms with Crippen molar-refractivity contribution in [3.63, 3.8) is 0 Å². The Hall–Kier alpha value is -4.07. The van der Waals surface area contributed by atoms with Crippen LogP contribution in [0.15, 0.2) is 65.8 Å². The zero-order valence-electron chi connectivity index (χ0n) is 16.5. The Labute approximate surface area is 172 Å². The molecule has 0 aromatic heterocycles. The summed E-state index contributed by atoms with van der Waals surface area (Å²) in [5, 5.41) is 19.3. The number of hydrazone groups is 1. The van der Waals surface area contributed by atoms with Gasteiger partial charge in [0.2, 0.25) is 5.91 Å². The summed E-state index contributed by atoms with van der Waals surface area (Å²) in [7, 11) is 0. The highest BCUT2D eigenvalue weighted by molar-refractivity contribution is 6.09. The number of carbonyl (C=O) groups is 2. The van der Waals surface area contributed by atoms with Crippen LogP contribution in [0.4, 0.5) is 11.4 Å². The van der Waals surface area contributed by atoms with Crippen molar-refractivity contribution in [3.8, 4) is 0 Å². The van der Waals surface area contributed by atoms with Crippen LogP contribution in [0.3, 0.4) is 0 Å². The SMILES string of the molecule is C/C(CC(=O)Nc1cc([N+](=O)[O-])ccc1C)=N/NC(=O)c1cccc2ccccc12. The number of benzene rings is 3. The maximum atomic E-state index is 12.5. The smallest absolute Gasteiger partial charge is 0.271 e. The molecule has 0 heterocycles. The highest BCUT2D eigenvalue weighted by atomic mass is 16.6. The molecule has 8 nitrogen and oxygen atoms in total. The van der Waals surface area contributed by atoms with E-state index in [1.165, 1.54) is 12.1 Å². The fourth-order valence-corrected chi connectivity index (χ4v) is 2.95. The van der Waals surface area contributed by atoms with Gasteiger partial charge in [0.25, 0.3) is 11.6 Å². The van der Waals surface area contributed by atoms with Gasteiger partial charge in [-0.3, -0.25) is 19.7 Å². The fraction of sp³-hybridized carbons (Fsp3) is 0.136. The minimum absolute atomic E-state index is 0.0715. The number of nitrogens with one attached hydrogen (secondary N) is 2. The quantitative estimate of drug-likeness (QED) is 0.364. The number of nitro benzene ring substituents is 1. The van der Waals surface area contributed by atoms with Crippen molar-refractivity contribution in [2.75, 3.05) is 5.32 Å². The molecule has 152 valence electrons. The average Bonchev–Trinajstić information content (AvgIpc) is 2.73. The number of nitro groups is 1. The summed E-state index contributed by atoms with van der Waals surface area (Å²) in [4.78, 5) is 35.2. The summed E-state index contributed by atoms with van der Waals surface area (Å²) in [5.41, 5.74) is 4.31. The molecule has 2 amide bonds. The molecule has 0 spiro atoms. The van der Waals surface area contributed by atoms with E-state index in [0.29, 0.717) is 22.5 Å². The minimum atomic E-state index is -0.523. The molecule has 0 aliphatic heterocycles. The van der Waals surface area contributed by atoms with Crippen LogP contribution in [0.5, 0.6) is 0 Å². The maximum Gasteiger partial charge on any atom is 0.271 e. The molecule has 3 aromatic carbocycles. The molecular formula is C22H20N4O4. The van der Waals surface area contributed by atoms with E-state index in [4.69, 9.17) is 0 Å². The zero-order chi connectivity index (χ0) is 21.7. The third kappa shape index (κ3) is 4.85. The van der Waals surface area contributed by atoms with E-state index in [-0.39, 0.29) is 23.9 Å². The van der Waals surface area contributed by atoms with Gasteiger partial charge in [0, 0.05) is 23.4 Å². The average molecular weight is 404 g/mol. The molecule has 30 heavy (non-hydrogen) atoms. The number of nitrogens with zero attached hydrogens (tertiary/aromatic N) is 2. The highest BCUT2D eigenvalue weighted by Gasteiger charge is 2.13. The maximum absolute atomic E-state index is 12.5. The Morgan fingerprint density at radius 2 is 1.80 bits per heavy atom. The number of hydrogen-bond acceptors (Lipinski definition) is 5. The minimum Gasteiger partial charge on any atom is -0.325 e. The van der Waals surface area contributed by atoms with E-state index in [9.17, 15) is 19.7 Å². The summed E-state index contributed by atoms with van der Waals surface area (Å²) in [5.74, 6) is -0.764. The van der Waals surface area contributed by atoms with Gasteiger partial charge in [-0.2, -0.15) is 5.10 Å². The zero-order valence-corrected chi connectivity index (χ0v) is 16.5. The van der Waals surface area contributed by atoms with Gasteiger partial charge in [0.05, 0.1) is 17.0 Å². The second-order valence-electron chi connectivity index (χ2n) is 6.80. The van der Waals surface area contributed by atoms with Crippen LogP contribution in [0.2, 0.25) is 0 Å². The van der Waals surface area contributed by atoms with Crippen LogP contribution in [0.25, 0.3) is 10.8 Å².